The number of benzene rings is 1. The van der Waals surface area contributed by atoms with Crippen LogP contribution in [0, 0.1) is 5.92 Å². The Morgan fingerprint density at radius 3 is 2.25 bits per heavy atom. The van der Waals surface area contributed by atoms with Gasteiger partial charge in [-0.05, 0) is 18.4 Å². The van der Waals surface area contributed by atoms with Crippen molar-refractivity contribution in [3.63, 3.8) is 0 Å². The summed E-state index contributed by atoms with van der Waals surface area (Å²) in [6.07, 6.45) is 0. The van der Waals surface area contributed by atoms with Gasteiger partial charge >= 0.3 is 5.69 Å². The lowest BCUT2D eigenvalue weighted by molar-refractivity contribution is 0.326. The van der Waals surface area contributed by atoms with Gasteiger partial charge in [0.25, 0.3) is 5.56 Å². The van der Waals surface area contributed by atoms with Gasteiger partial charge in [-0.1, -0.05) is 44.2 Å². The van der Waals surface area contributed by atoms with Gasteiger partial charge in [-0.25, -0.2) is 4.79 Å². The van der Waals surface area contributed by atoms with Crippen molar-refractivity contribution in [1.82, 2.24) is 9.55 Å². The highest BCUT2D eigenvalue weighted by molar-refractivity contribution is 5.67. The lowest BCUT2D eigenvalue weighted by Crippen LogP contribution is -2.34. The number of hydrogen-bond acceptors (Lipinski definition) is 3. The van der Waals surface area contributed by atoms with E-state index in [1.807, 2.05) is 26.8 Å². The van der Waals surface area contributed by atoms with E-state index in [9.17, 15) is 14.7 Å². The molecule has 1 aromatic carbocycles. The van der Waals surface area contributed by atoms with Crippen molar-refractivity contribution in [1.29, 1.82) is 0 Å². The molecule has 2 aromatic rings. The summed E-state index contributed by atoms with van der Waals surface area (Å²) in [4.78, 5) is 26.2. The third-order valence-electron chi connectivity index (χ3n) is 3.55. The Morgan fingerprint density at radius 1 is 1.10 bits per heavy atom. The quantitative estimate of drug-likeness (QED) is 0.900. The van der Waals surface area contributed by atoms with Crippen LogP contribution in [0.4, 0.5) is 0 Å². The van der Waals surface area contributed by atoms with E-state index in [2.05, 4.69) is 4.98 Å². The van der Waals surface area contributed by atoms with Crippen molar-refractivity contribution in [3.05, 3.63) is 51.2 Å². The standard InChI is InChI=1S/C15H18N2O3/c1-9(2)10(3)17-14(19)12(13(18)16-15(17)20)11-7-5-4-6-8-11/h4-10,19H,1-3H3,(H,16,18,20). The Bertz CT molecular complexity index is 714. The van der Waals surface area contributed by atoms with Crippen molar-refractivity contribution >= 4 is 0 Å². The molecule has 0 bridgehead atoms. The van der Waals surface area contributed by atoms with Crippen LogP contribution < -0.4 is 11.2 Å². The van der Waals surface area contributed by atoms with E-state index < -0.39 is 11.2 Å². The number of H-pyrrole nitrogens is 1. The maximum atomic E-state index is 12.0. The number of hydrogen-bond donors (Lipinski definition) is 2. The van der Waals surface area contributed by atoms with E-state index in [0.717, 1.165) is 0 Å². The highest BCUT2D eigenvalue weighted by Gasteiger charge is 2.20. The second kappa shape index (κ2) is 5.36. The highest BCUT2D eigenvalue weighted by Crippen LogP contribution is 2.27. The number of rotatable bonds is 3. The minimum atomic E-state index is -0.589. The molecule has 0 radical (unpaired) electrons. The van der Waals surface area contributed by atoms with Gasteiger partial charge in [0.05, 0.1) is 0 Å². The highest BCUT2D eigenvalue weighted by atomic mass is 16.3. The van der Waals surface area contributed by atoms with Gasteiger partial charge in [0.1, 0.15) is 5.56 Å². The summed E-state index contributed by atoms with van der Waals surface area (Å²) in [5.41, 5.74) is -0.465. The molecule has 0 saturated carbocycles. The molecule has 1 unspecified atom stereocenters. The molecule has 0 amide bonds. The first-order valence-corrected chi connectivity index (χ1v) is 6.56. The predicted octanol–water partition coefficient (Wildman–Crippen LogP) is 2.13. The Balaban J connectivity index is 2.75. The lowest BCUT2D eigenvalue weighted by atomic mass is 10.0. The normalized spacial score (nSPS) is 12.6. The minimum Gasteiger partial charge on any atom is -0.494 e. The molecule has 5 heteroatoms. The van der Waals surface area contributed by atoms with Crippen LogP contribution in [0.25, 0.3) is 11.1 Å². The Hall–Kier alpha value is -2.30. The van der Waals surface area contributed by atoms with Gasteiger partial charge in [0, 0.05) is 6.04 Å². The van der Waals surface area contributed by atoms with E-state index in [-0.39, 0.29) is 23.4 Å². The van der Waals surface area contributed by atoms with Gasteiger partial charge in [-0.3, -0.25) is 14.3 Å². The van der Waals surface area contributed by atoms with Crippen LogP contribution in [0.1, 0.15) is 26.8 Å². The van der Waals surface area contributed by atoms with Crippen LogP contribution in [0.5, 0.6) is 5.88 Å². The molecule has 0 fully saturated rings. The number of aromatic hydroxyl groups is 1. The molecule has 1 heterocycles. The first-order chi connectivity index (χ1) is 9.43. The van der Waals surface area contributed by atoms with E-state index in [1.165, 1.54) is 4.57 Å². The fourth-order valence-corrected chi connectivity index (χ4v) is 2.08. The second-order valence-electron chi connectivity index (χ2n) is 5.18. The fourth-order valence-electron chi connectivity index (χ4n) is 2.08. The first-order valence-electron chi connectivity index (χ1n) is 6.56. The largest absolute Gasteiger partial charge is 0.494 e. The van der Waals surface area contributed by atoms with Crippen molar-refractivity contribution in [3.8, 4) is 17.0 Å². The van der Waals surface area contributed by atoms with Crippen molar-refractivity contribution in [2.24, 2.45) is 5.92 Å². The molecular weight excluding hydrogens is 256 g/mol. The van der Waals surface area contributed by atoms with Crippen molar-refractivity contribution in [2.75, 3.05) is 0 Å². The van der Waals surface area contributed by atoms with Crippen molar-refractivity contribution in [2.45, 2.75) is 26.8 Å². The lowest BCUT2D eigenvalue weighted by Gasteiger charge is -2.21. The van der Waals surface area contributed by atoms with Crippen molar-refractivity contribution < 1.29 is 5.11 Å². The van der Waals surface area contributed by atoms with Crippen LogP contribution >= 0.6 is 0 Å². The van der Waals surface area contributed by atoms with Crippen LogP contribution in [-0.4, -0.2) is 14.7 Å². The molecule has 0 aliphatic heterocycles. The first kappa shape index (κ1) is 14.1. The zero-order valence-electron chi connectivity index (χ0n) is 11.8. The average Bonchev–Trinajstić information content (AvgIpc) is 2.39. The van der Waals surface area contributed by atoms with Crippen LogP contribution in [-0.2, 0) is 0 Å². The molecule has 0 saturated heterocycles. The Morgan fingerprint density at radius 2 is 1.70 bits per heavy atom. The number of nitrogens with one attached hydrogen (secondary N) is 1. The van der Waals surface area contributed by atoms with Gasteiger partial charge in [-0.15, -0.1) is 0 Å². The number of aromatic amines is 1. The third-order valence-corrected chi connectivity index (χ3v) is 3.55. The van der Waals surface area contributed by atoms with Gasteiger partial charge < -0.3 is 5.11 Å². The third kappa shape index (κ3) is 2.39. The van der Waals surface area contributed by atoms with Gasteiger partial charge in [0.2, 0.25) is 5.88 Å². The average molecular weight is 274 g/mol. The topological polar surface area (TPSA) is 75.1 Å². The Labute approximate surface area is 116 Å². The molecule has 0 spiro atoms. The van der Waals surface area contributed by atoms with E-state index in [4.69, 9.17) is 0 Å². The molecule has 0 aliphatic rings. The zero-order chi connectivity index (χ0) is 14.9. The molecule has 2 N–H and O–H groups in total. The summed E-state index contributed by atoms with van der Waals surface area (Å²) in [6.45, 7) is 5.73. The molecule has 106 valence electrons. The summed E-state index contributed by atoms with van der Waals surface area (Å²) >= 11 is 0. The molecule has 0 aliphatic carbocycles. The number of nitrogens with zero attached hydrogens (tertiary/aromatic N) is 1. The van der Waals surface area contributed by atoms with Crippen LogP contribution in [0.15, 0.2) is 39.9 Å². The van der Waals surface area contributed by atoms with E-state index in [0.29, 0.717) is 5.56 Å². The monoisotopic (exact) mass is 274 g/mol. The van der Waals surface area contributed by atoms with Gasteiger partial charge in [-0.2, -0.15) is 0 Å². The molecule has 20 heavy (non-hydrogen) atoms. The molecule has 2 rings (SSSR count). The molecular formula is C15H18N2O3. The molecule has 1 aromatic heterocycles. The summed E-state index contributed by atoms with van der Waals surface area (Å²) in [6, 6.07) is 8.59. The maximum absolute atomic E-state index is 12.0. The molecule has 5 nitrogen and oxygen atoms in total. The van der Waals surface area contributed by atoms with Crippen LogP contribution in [0.3, 0.4) is 0 Å². The summed E-state index contributed by atoms with van der Waals surface area (Å²) < 4.78 is 1.23. The van der Waals surface area contributed by atoms with Gasteiger partial charge in [0.15, 0.2) is 0 Å². The fraction of sp³-hybridized carbons (Fsp3) is 0.333. The SMILES string of the molecule is CC(C)C(C)n1c(O)c(-c2ccccc2)c(=O)[nH]c1=O. The minimum absolute atomic E-state index is 0.123. The zero-order valence-corrected chi connectivity index (χ0v) is 11.8. The predicted molar refractivity (Wildman–Crippen MR) is 78.0 cm³/mol. The summed E-state index contributed by atoms with van der Waals surface area (Å²) in [5, 5.41) is 10.4. The Kier molecular flexibility index (Phi) is 3.79. The molecule has 1 atom stereocenters. The smallest absolute Gasteiger partial charge is 0.331 e. The maximum Gasteiger partial charge on any atom is 0.331 e. The second-order valence-corrected chi connectivity index (χ2v) is 5.18. The van der Waals surface area contributed by atoms with E-state index in [1.54, 1.807) is 24.3 Å². The summed E-state index contributed by atoms with van der Waals surface area (Å²) in [5.74, 6) is -0.140. The van der Waals surface area contributed by atoms with Crippen LogP contribution in [0.2, 0.25) is 0 Å². The van der Waals surface area contributed by atoms with E-state index >= 15 is 0 Å². The number of aromatic nitrogens is 2. The summed E-state index contributed by atoms with van der Waals surface area (Å²) in [7, 11) is 0.